The normalized spacial score (nSPS) is 27.4. The van der Waals surface area contributed by atoms with E-state index >= 15 is 0 Å². The number of nitrogens with zero attached hydrogens (tertiary/aromatic N) is 2. The summed E-state index contributed by atoms with van der Waals surface area (Å²) in [6.45, 7) is 11.5. The van der Waals surface area contributed by atoms with Crippen LogP contribution in [-0.2, 0) is 19.0 Å². The molecule has 2 aliphatic heterocycles. The fourth-order valence-corrected chi connectivity index (χ4v) is 5.31. The fourth-order valence-electron chi connectivity index (χ4n) is 5.31. The van der Waals surface area contributed by atoms with E-state index in [0.29, 0.717) is 25.1 Å². The number of ether oxygens (including phenoxy) is 3. The summed E-state index contributed by atoms with van der Waals surface area (Å²) in [5.41, 5.74) is 1.11. The Balaban J connectivity index is 0.000000975. The first-order valence-corrected chi connectivity index (χ1v) is 13.7. The minimum Gasteiger partial charge on any atom is -0.453 e. The summed E-state index contributed by atoms with van der Waals surface area (Å²) >= 11 is 0. The van der Waals surface area contributed by atoms with Crippen molar-refractivity contribution >= 4 is 12.0 Å². The lowest BCUT2D eigenvalue weighted by atomic mass is 9.77. The lowest BCUT2D eigenvalue weighted by Crippen LogP contribution is -2.60. The van der Waals surface area contributed by atoms with Gasteiger partial charge >= 0.3 is 6.09 Å². The number of likely N-dealkylation sites (tertiary alicyclic amines) is 2. The van der Waals surface area contributed by atoms with Gasteiger partial charge in [0.2, 0.25) is 5.91 Å². The summed E-state index contributed by atoms with van der Waals surface area (Å²) in [6, 6.07) is 0. The van der Waals surface area contributed by atoms with E-state index in [1.807, 2.05) is 19.9 Å². The molecular weight excluding hydrogens is 506 g/mol. The number of allylic oxidation sites excluding steroid dienone is 6. The van der Waals surface area contributed by atoms with Gasteiger partial charge in [-0.2, -0.15) is 0 Å². The third-order valence-corrected chi connectivity index (χ3v) is 7.74. The first-order chi connectivity index (χ1) is 18.6. The predicted octanol–water partition coefficient (Wildman–Crippen LogP) is 6.38. The molecular formula is C30H48F2N2O5. The van der Waals surface area contributed by atoms with Crippen molar-refractivity contribution in [2.75, 3.05) is 47.5 Å². The molecule has 0 bridgehead atoms. The molecule has 3 rings (SSSR count). The van der Waals surface area contributed by atoms with Gasteiger partial charge in [-0.1, -0.05) is 38.2 Å². The van der Waals surface area contributed by atoms with Crippen molar-refractivity contribution in [3.05, 3.63) is 47.1 Å². The molecule has 4 atom stereocenters. The van der Waals surface area contributed by atoms with E-state index < -0.39 is 17.6 Å². The van der Waals surface area contributed by atoms with E-state index in [2.05, 4.69) is 12.2 Å². The number of hydrogen-bond donors (Lipinski definition) is 0. The van der Waals surface area contributed by atoms with E-state index in [9.17, 15) is 18.4 Å². The van der Waals surface area contributed by atoms with E-state index in [0.717, 1.165) is 12.8 Å². The minimum atomic E-state index is -0.575. The molecule has 2 heterocycles. The summed E-state index contributed by atoms with van der Waals surface area (Å²) < 4.78 is 42.1. The van der Waals surface area contributed by atoms with Crippen LogP contribution in [0.15, 0.2) is 47.1 Å². The van der Waals surface area contributed by atoms with Gasteiger partial charge in [0.15, 0.2) is 0 Å². The van der Waals surface area contributed by atoms with Gasteiger partial charge < -0.3 is 24.0 Å². The Kier molecular flexibility index (Phi) is 14.6. The van der Waals surface area contributed by atoms with Crippen LogP contribution in [0.1, 0.15) is 60.8 Å². The Morgan fingerprint density at radius 2 is 1.64 bits per heavy atom. The summed E-state index contributed by atoms with van der Waals surface area (Å²) in [5, 5.41) is 0. The Labute approximate surface area is 233 Å². The monoisotopic (exact) mass is 554 g/mol. The Morgan fingerprint density at radius 3 is 2.10 bits per heavy atom. The number of hydrogen-bond acceptors (Lipinski definition) is 5. The largest absolute Gasteiger partial charge is 0.453 e. The smallest absolute Gasteiger partial charge is 0.409 e. The quantitative estimate of drug-likeness (QED) is 0.395. The first-order valence-electron chi connectivity index (χ1n) is 13.7. The zero-order valence-electron chi connectivity index (χ0n) is 25.2. The average molecular weight is 555 g/mol. The second-order valence-electron chi connectivity index (χ2n) is 9.69. The molecule has 2 saturated heterocycles. The fraction of sp³-hybridized carbons (Fsp3) is 0.667. The second-order valence-corrected chi connectivity index (χ2v) is 9.69. The molecule has 0 spiro atoms. The van der Waals surface area contributed by atoms with Crippen LogP contribution in [0.25, 0.3) is 0 Å². The Hall–Kier alpha value is -2.52. The lowest BCUT2D eigenvalue weighted by molar-refractivity contribution is -0.157. The second kappa shape index (κ2) is 16.6. The number of amides is 2. The van der Waals surface area contributed by atoms with E-state index in [1.54, 1.807) is 33.0 Å². The van der Waals surface area contributed by atoms with Gasteiger partial charge in [0.05, 0.1) is 24.7 Å². The van der Waals surface area contributed by atoms with Crippen molar-refractivity contribution in [2.24, 2.45) is 11.8 Å². The van der Waals surface area contributed by atoms with Gasteiger partial charge in [0.25, 0.3) is 0 Å². The molecule has 1 aliphatic carbocycles. The molecule has 0 aromatic rings. The molecule has 0 saturated carbocycles. The minimum absolute atomic E-state index is 0.0914. The molecule has 0 N–H and O–H groups in total. The molecule has 2 unspecified atom stereocenters. The van der Waals surface area contributed by atoms with Crippen molar-refractivity contribution in [3.8, 4) is 0 Å². The van der Waals surface area contributed by atoms with Crippen LogP contribution in [0.5, 0.6) is 0 Å². The van der Waals surface area contributed by atoms with Gasteiger partial charge in [0.1, 0.15) is 11.7 Å². The topological polar surface area (TPSA) is 68.3 Å². The maximum Gasteiger partial charge on any atom is 0.409 e. The number of rotatable bonds is 5. The maximum absolute atomic E-state index is 14.1. The summed E-state index contributed by atoms with van der Waals surface area (Å²) in [7, 11) is 4.65. The highest BCUT2D eigenvalue weighted by Crippen LogP contribution is 2.40. The molecule has 3 aliphatic rings. The lowest BCUT2D eigenvalue weighted by Gasteiger charge is -2.48. The van der Waals surface area contributed by atoms with E-state index in [1.165, 1.54) is 37.5 Å². The van der Waals surface area contributed by atoms with Crippen LogP contribution >= 0.6 is 0 Å². The molecule has 2 fully saturated rings. The van der Waals surface area contributed by atoms with Crippen molar-refractivity contribution in [1.82, 2.24) is 9.80 Å². The highest BCUT2D eigenvalue weighted by molar-refractivity contribution is 5.82. The third-order valence-electron chi connectivity index (χ3n) is 7.74. The first kappa shape index (κ1) is 34.5. The molecule has 7 nitrogen and oxygen atoms in total. The molecule has 39 heavy (non-hydrogen) atoms. The molecule has 0 radical (unpaired) electrons. The van der Waals surface area contributed by atoms with Gasteiger partial charge in [-0.25, -0.2) is 13.6 Å². The van der Waals surface area contributed by atoms with Crippen molar-refractivity contribution in [1.29, 1.82) is 0 Å². The van der Waals surface area contributed by atoms with Crippen molar-refractivity contribution in [3.63, 3.8) is 0 Å². The van der Waals surface area contributed by atoms with Gasteiger partial charge in [-0.15, -0.1) is 0 Å². The van der Waals surface area contributed by atoms with E-state index in [-0.39, 0.29) is 42.7 Å². The van der Waals surface area contributed by atoms with Gasteiger partial charge in [0, 0.05) is 52.7 Å². The summed E-state index contributed by atoms with van der Waals surface area (Å²) in [6.07, 6.45) is 9.33. The third kappa shape index (κ3) is 8.48. The highest BCUT2D eigenvalue weighted by Gasteiger charge is 2.50. The van der Waals surface area contributed by atoms with Crippen molar-refractivity contribution < 1.29 is 32.6 Å². The van der Waals surface area contributed by atoms with Crippen LogP contribution in [0.3, 0.4) is 0 Å². The zero-order chi connectivity index (χ0) is 29.8. The maximum atomic E-state index is 14.1. The predicted molar refractivity (Wildman–Crippen MR) is 151 cm³/mol. The highest BCUT2D eigenvalue weighted by atomic mass is 19.1. The molecule has 2 amide bonds. The van der Waals surface area contributed by atoms with Gasteiger partial charge in [-0.3, -0.25) is 4.79 Å². The van der Waals surface area contributed by atoms with Crippen molar-refractivity contribution in [2.45, 2.75) is 72.5 Å². The summed E-state index contributed by atoms with van der Waals surface area (Å²) in [5.74, 6) is -1.43. The number of carbonyl (C=O) groups is 2. The standard InChI is InChI=1S/C24H35FN2O5.C4H7F.C2H6/c1-16(17(2)25)19-13-27(23(29)31-4)14-20(19)22(28)26-12-11-24(32-5,21(15-26)30-3)18-9-7-6-8-10-18;1-3-4(2)5;1-2/h6-7,9,19-21H,8,10-15H2,1-5H3;3H,1-2H3;1-2H3/b17-16-;4-3+;/t19-,20?,21?,24-;;/m0../s1. The van der Waals surface area contributed by atoms with Crippen LogP contribution in [0, 0.1) is 11.8 Å². The van der Waals surface area contributed by atoms with Crippen LogP contribution in [0.4, 0.5) is 13.6 Å². The number of carbonyl (C=O) groups excluding carboxylic acids is 2. The number of methoxy groups -OCH3 is 3. The van der Waals surface area contributed by atoms with Gasteiger partial charge in [-0.05, 0) is 51.7 Å². The average Bonchev–Trinajstić information content (AvgIpc) is 3.42. The Morgan fingerprint density at radius 1 is 1.03 bits per heavy atom. The number of halogens is 2. The molecule has 0 aromatic heterocycles. The Bertz CT molecular complexity index is 938. The zero-order valence-corrected chi connectivity index (χ0v) is 25.2. The van der Waals surface area contributed by atoms with E-state index in [4.69, 9.17) is 14.2 Å². The van der Waals surface area contributed by atoms with Crippen LogP contribution in [0.2, 0.25) is 0 Å². The number of piperidine rings is 1. The molecule has 222 valence electrons. The molecule has 0 aromatic carbocycles. The molecule has 9 heteroatoms. The van der Waals surface area contributed by atoms with Crippen LogP contribution in [-0.4, -0.2) is 81.0 Å². The van der Waals surface area contributed by atoms with Crippen LogP contribution < -0.4 is 0 Å². The summed E-state index contributed by atoms with van der Waals surface area (Å²) in [4.78, 5) is 29.0. The SMILES string of the molecule is C/C=C(\C)F.CC.COC(=O)N1CC(C(=O)N2CC[C@](OC)(C3=CC=CCC3)C(OC)C2)[C@H](/C(C)=C(/C)F)C1.